The highest BCUT2D eigenvalue weighted by Gasteiger charge is 2.09. The van der Waals surface area contributed by atoms with Crippen molar-refractivity contribution >= 4 is 0 Å². The molecule has 0 saturated carbocycles. The van der Waals surface area contributed by atoms with Crippen LogP contribution in [0.2, 0.25) is 0 Å². The lowest BCUT2D eigenvalue weighted by Gasteiger charge is -2.16. The third-order valence-corrected chi connectivity index (χ3v) is 1.90. The molecule has 0 aromatic carbocycles. The smallest absolute Gasteiger partial charge is 0.0689 e. The van der Waals surface area contributed by atoms with Crippen LogP contribution in [0.4, 0.5) is 0 Å². The molecular weight excluding hydrogens is 126 g/mol. The molecule has 0 amide bonds. The number of hydrogen-bond donors (Lipinski definition) is 2. The van der Waals surface area contributed by atoms with Crippen LogP contribution in [0.1, 0.15) is 27.2 Å². The second kappa shape index (κ2) is 5.69. The Hall–Kier alpha value is -0.0800. The summed E-state index contributed by atoms with van der Waals surface area (Å²) < 4.78 is 0. The van der Waals surface area contributed by atoms with Crippen LogP contribution in [0.15, 0.2) is 0 Å². The summed E-state index contributed by atoms with van der Waals surface area (Å²) in [5.41, 5.74) is 0. The molecule has 0 bridgehead atoms. The summed E-state index contributed by atoms with van der Waals surface area (Å²) in [5, 5.41) is 12.5. The van der Waals surface area contributed by atoms with Gasteiger partial charge in [-0.1, -0.05) is 27.2 Å². The van der Waals surface area contributed by atoms with Crippen LogP contribution in [0.3, 0.4) is 0 Å². The number of aliphatic hydroxyl groups excluding tert-OH is 1. The summed E-state index contributed by atoms with van der Waals surface area (Å²) in [4.78, 5) is 0. The van der Waals surface area contributed by atoms with E-state index >= 15 is 0 Å². The van der Waals surface area contributed by atoms with Gasteiger partial charge in [0.05, 0.1) is 6.10 Å². The summed E-state index contributed by atoms with van der Waals surface area (Å²) in [7, 11) is 0. The molecule has 2 heteroatoms. The Morgan fingerprint density at radius 3 is 2.40 bits per heavy atom. The lowest BCUT2D eigenvalue weighted by atomic mass is 10.0. The van der Waals surface area contributed by atoms with Crippen LogP contribution < -0.4 is 5.32 Å². The average Bonchev–Trinajstić information content (AvgIpc) is 1.98. The minimum Gasteiger partial charge on any atom is -0.392 e. The number of likely N-dealkylation sites (N-methyl/N-ethyl adjacent to an activating group) is 1. The molecule has 0 spiro atoms. The number of aliphatic hydroxyl groups is 1. The fraction of sp³-hybridized carbons (Fsp3) is 1.00. The average molecular weight is 145 g/mol. The zero-order valence-electron chi connectivity index (χ0n) is 7.22. The molecule has 0 aliphatic heterocycles. The highest BCUT2D eigenvalue weighted by molar-refractivity contribution is 4.64. The van der Waals surface area contributed by atoms with Crippen LogP contribution in [0.25, 0.3) is 0 Å². The predicted molar refractivity (Wildman–Crippen MR) is 44.0 cm³/mol. The molecule has 0 aliphatic carbocycles. The first kappa shape index (κ1) is 9.92. The van der Waals surface area contributed by atoms with Crippen molar-refractivity contribution in [3.05, 3.63) is 0 Å². The fourth-order valence-corrected chi connectivity index (χ4v) is 0.765. The van der Waals surface area contributed by atoms with E-state index in [1.807, 2.05) is 6.92 Å². The zero-order valence-corrected chi connectivity index (χ0v) is 7.22. The SMILES string of the molecule is CCNCC(O)C(C)CC. The van der Waals surface area contributed by atoms with E-state index in [9.17, 15) is 5.11 Å². The first-order valence-electron chi connectivity index (χ1n) is 4.11. The molecule has 2 nitrogen and oxygen atoms in total. The molecule has 0 heterocycles. The Kier molecular flexibility index (Phi) is 5.64. The Morgan fingerprint density at radius 1 is 1.40 bits per heavy atom. The lowest BCUT2D eigenvalue weighted by Crippen LogP contribution is -2.31. The van der Waals surface area contributed by atoms with Crippen molar-refractivity contribution in [2.75, 3.05) is 13.1 Å². The molecule has 2 unspecified atom stereocenters. The van der Waals surface area contributed by atoms with Crippen molar-refractivity contribution in [1.82, 2.24) is 5.32 Å². The normalized spacial score (nSPS) is 16.8. The quantitative estimate of drug-likeness (QED) is 0.605. The van der Waals surface area contributed by atoms with Gasteiger partial charge < -0.3 is 10.4 Å². The van der Waals surface area contributed by atoms with Crippen molar-refractivity contribution in [3.8, 4) is 0 Å². The Bertz CT molecular complexity index is 75.7. The van der Waals surface area contributed by atoms with Gasteiger partial charge in [0.2, 0.25) is 0 Å². The third-order valence-electron chi connectivity index (χ3n) is 1.90. The first-order chi connectivity index (χ1) is 4.72. The van der Waals surface area contributed by atoms with Crippen molar-refractivity contribution in [2.24, 2.45) is 5.92 Å². The van der Waals surface area contributed by atoms with Crippen LogP contribution in [-0.4, -0.2) is 24.3 Å². The van der Waals surface area contributed by atoms with Gasteiger partial charge in [0.25, 0.3) is 0 Å². The van der Waals surface area contributed by atoms with E-state index in [0.29, 0.717) is 5.92 Å². The summed E-state index contributed by atoms with van der Waals surface area (Å²) in [5.74, 6) is 0.416. The molecule has 0 fully saturated rings. The maximum atomic E-state index is 9.39. The minimum atomic E-state index is -0.176. The van der Waals surface area contributed by atoms with E-state index in [0.717, 1.165) is 19.5 Å². The van der Waals surface area contributed by atoms with E-state index < -0.39 is 0 Å². The molecule has 0 aliphatic rings. The Balaban J connectivity index is 3.31. The van der Waals surface area contributed by atoms with E-state index in [4.69, 9.17) is 0 Å². The van der Waals surface area contributed by atoms with Gasteiger partial charge in [0.1, 0.15) is 0 Å². The maximum absolute atomic E-state index is 9.39. The summed E-state index contributed by atoms with van der Waals surface area (Å²) >= 11 is 0. The fourth-order valence-electron chi connectivity index (χ4n) is 0.765. The van der Waals surface area contributed by atoms with Crippen LogP contribution in [0.5, 0.6) is 0 Å². The molecule has 0 aromatic heterocycles. The van der Waals surface area contributed by atoms with Gasteiger partial charge in [-0.3, -0.25) is 0 Å². The highest BCUT2D eigenvalue weighted by atomic mass is 16.3. The molecule has 0 rings (SSSR count). The van der Waals surface area contributed by atoms with E-state index in [-0.39, 0.29) is 6.10 Å². The summed E-state index contributed by atoms with van der Waals surface area (Å²) in [6.07, 6.45) is 0.872. The molecule has 2 atom stereocenters. The van der Waals surface area contributed by atoms with Gasteiger partial charge in [-0.2, -0.15) is 0 Å². The predicted octanol–water partition coefficient (Wildman–Crippen LogP) is 1.00. The molecule has 2 N–H and O–H groups in total. The number of hydrogen-bond acceptors (Lipinski definition) is 2. The first-order valence-corrected chi connectivity index (χ1v) is 4.11. The Morgan fingerprint density at radius 2 is 2.00 bits per heavy atom. The second-order valence-corrected chi connectivity index (χ2v) is 2.76. The van der Waals surface area contributed by atoms with Crippen molar-refractivity contribution in [3.63, 3.8) is 0 Å². The van der Waals surface area contributed by atoms with Gasteiger partial charge in [0.15, 0.2) is 0 Å². The van der Waals surface area contributed by atoms with Crippen molar-refractivity contribution in [2.45, 2.75) is 33.3 Å². The van der Waals surface area contributed by atoms with Crippen molar-refractivity contribution in [1.29, 1.82) is 0 Å². The van der Waals surface area contributed by atoms with E-state index in [1.54, 1.807) is 0 Å². The monoisotopic (exact) mass is 145 g/mol. The summed E-state index contributed by atoms with van der Waals surface area (Å²) in [6.45, 7) is 7.88. The van der Waals surface area contributed by atoms with Gasteiger partial charge >= 0.3 is 0 Å². The molecule has 10 heavy (non-hydrogen) atoms. The van der Waals surface area contributed by atoms with Crippen LogP contribution in [0, 0.1) is 5.92 Å². The Labute approximate surface area is 63.6 Å². The molecule has 0 aromatic rings. The van der Waals surface area contributed by atoms with Crippen LogP contribution >= 0.6 is 0 Å². The lowest BCUT2D eigenvalue weighted by molar-refractivity contribution is 0.113. The molecular formula is C8H19NO. The highest BCUT2D eigenvalue weighted by Crippen LogP contribution is 2.05. The zero-order chi connectivity index (χ0) is 7.98. The van der Waals surface area contributed by atoms with Crippen LogP contribution in [-0.2, 0) is 0 Å². The second-order valence-electron chi connectivity index (χ2n) is 2.76. The van der Waals surface area contributed by atoms with E-state index in [1.165, 1.54) is 0 Å². The van der Waals surface area contributed by atoms with Gasteiger partial charge in [-0.05, 0) is 12.5 Å². The number of nitrogens with one attached hydrogen (secondary N) is 1. The summed E-state index contributed by atoms with van der Waals surface area (Å²) in [6, 6.07) is 0. The largest absolute Gasteiger partial charge is 0.392 e. The molecule has 0 radical (unpaired) electrons. The number of rotatable bonds is 5. The van der Waals surface area contributed by atoms with Gasteiger partial charge in [0, 0.05) is 6.54 Å². The van der Waals surface area contributed by atoms with E-state index in [2.05, 4.69) is 19.2 Å². The maximum Gasteiger partial charge on any atom is 0.0689 e. The minimum absolute atomic E-state index is 0.176. The van der Waals surface area contributed by atoms with Crippen molar-refractivity contribution < 1.29 is 5.11 Å². The molecule has 62 valence electrons. The third kappa shape index (κ3) is 3.85. The van der Waals surface area contributed by atoms with Gasteiger partial charge in [-0.25, -0.2) is 0 Å². The molecule has 0 saturated heterocycles. The topological polar surface area (TPSA) is 32.3 Å². The van der Waals surface area contributed by atoms with Gasteiger partial charge in [-0.15, -0.1) is 0 Å². The standard InChI is InChI=1S/C8H19NO/c1-4-7(3)8(10)6-9-5-2/h7-10H,4-6H2,1-3H3.